The van der Waals surface area contributed by atoms with Gasteiger partial charge in [0.2, 0.25) is 11.8 Å². The number of hydrogen-bond acceptors (Lipinski definition) is 7. The summed E-state index contributed by atoms with van der Waals surface area (Å²) in [4.78, 5) is 65.5. The van der Waals surface area contributed by atoms with Gasteiger partial charge < -0.3 is 5.11 Å². The standard InChI is InChI=1S/C29H22N2O7/c1-14-11-23(33)22-13-21-19(24(26(22)27(14)34)15-5-7-18(32)8-6-15)9-10-20-25(21)29(36)30(28(20)35)16-3-2-4-17(12-16)31(37)38/h2-9,11-12,20-21,24-25,32H,10,13H2,1H3/t20-,21+,24-,25-/m0/s1. The number of phenolic OH excluding ortho intramolecular Hbond substituents is 1. The van der Waals surface area contributed by atoms with E-state index in [2.05, 4.69) is 0 Å². The Kier molecular flexibility index (Phi) is 5.27. The van der Waals surface area contributed by atoms with E-state index < -0.39 is 40.4 Å². The highest BCUT2D eigenvalue weighted by atomic mass is 16.6. The van der Waals surface area contributed by atoms with Crippen LogP contribution in [0.25, 0.3) is 0 Å². The van der Waals surface area contributed by atoms with Crippen LogP contribution in [0, 0.1) is 27.9 Å². The Labute approximate surface area is 216 Å². The molecule has 0 unspecified atom stereocenters. The minimum atomic E-state index is -0.773. The van der Waals surface area contributed by atoms with Crippen LogP contribution in [0.4, 0.5) is 11.4 Å². The van der Waals surface area contributed by atoms with E-state index in [1.54, 1.807) is 19.1 Å². The molecule has 0 saturated carbocycles. The predicted molar refractivity (Wildman–Crippen MR) is 135 cm³/mol. The maximum Gasteiger partial charge on any atom is 0.271 e. The van der Waals surface area contributed by atoms with Crippen molar-refractivity contribution in [3.63, 3.8) is 0 Å². The first-order chi connectivity index (χ1) is 18.2. The SMILES string of the molecule is CC1=CC(=O)C2=C(C1=O)[C@@H](c1ccc(O)cc1)C1=CC[C@@H]3C(=O)N(c4cccc([N+](=O)[O-])c4)C(=O)[C@@H]3[C@@H]1C2. The molecule has 0 bridgehead atoms. The number of anilines is 1. The summed E-state index contributed by atoms with van der Waals surface area (Å²) in [6, 6.07) is 11.8. The number of carbonyl (C=O) groups excluding carboxylic acids is 4. The molecule has 2 amide bonds. The van der Waals surface area contributed by atoms with Crippen LogP contribution in [-0.2, 0) is 19.2 Å². The molecule has 6 rings (SSSR count). The molecule has 9 nitrogen and oxygen atoms in total. The van der Waals surface area contributed by atoms with E-state index in [9.17, 15) is 34.4 Å². The third kappa shape index (κ3) is 3.38. The van der Waals surface area contributed by atoms with Crippen LogP contribution in [0.3, 0.4) is 0 Å². The summed E-state index contributed by atoms with van der Waals surface area (Å²) in [6.07, 6.45) is 3.63. The average Bonchev–Trinajstić information content (AvgIpc) is 3.16. The minimum absolute atomic E-state index is 0.0549. The van der Waals surface area contributed by atoms with Crippen LogP contribution < -0.4 is 4.90 Å². The Bertz CT molecular complexity index is 1560. The number of phenols is 1. The topological polar surface area (TPSA) is 135 Å². The summed E-state index contributed by atoms with van der Waals surface area (Å²) in [5.74, 6) is -3.91. The van der Waals surface area contributed by atoms with Crippen molar-refractivity contribution in [1.29, 1.82) is 0 Å². The summed E-state index contributed by atoms with van der Waals surface area (Å²) in [5, 5.41) is 21.1. The number of carbonyl (C=O) groups is 4. The number of hydrogen-bond donors (Lipinski definition) is 1. The van der Waals surface area contributed by atoms with Crippen molar-refractivity contribution < 1.29 is 29.2 Å². The van der Waals surface area contributed by atoms with Crippen LogP contribution in [0.2, 0.25) is 0 Å². The number of rotatable bonds is 3. The molecule has 1 aliphatic heterocycles. The lowest BCUT2D eigenvalue weighted by molar-refractivity contribution is -0.384. The lowest BCUT2D eigenvalue weighted by atomic mass is 9.59. The number of Topliss-reactive ketones (excluding diaryl/α,β-unsaturated/α-hetero) is 1. The molecular weight excluding hydrogens is 488 g/mol. The van der Waals surface area contributed by atoms with E-state index in [1.165, 1.54) is 42.5 Å². The second-order valence-electron chi connectivity index (χ2n) is 10.1. The second kappa shape index (κ2) is 8.44. The Morgan fingerprint density at radius 1 is 1.00 bits per heavy atom. The van der Waals surface area contributed by atoms with E-state index in [0.717, 1.165) is 10.5 Å². The van der Waals surface area contributed by atoms with E-state index in [1.807, 2.05) is 6.08 Å². The number of ketones is 2. The number of amides is 2. The zero-order chi connectivity index (χ0) is 26.9. The van der Waals surface area contributed by atoms with Crippen molar-refractivity contribution >= 4 is 34.8 Å². The Hall–Kier alpha value is -4.66. The fourth-order valence-electron chi connectivity index (χ4n) is 6.41. The van der Waals surface area contributed by atoms with Crippen LogP contribution in [0.15, 0.2) is 83.0 Å². The second-order valence-corrected chi connectivity index (χ2v) is 10.1. The van der Waals surface area contributed by atoms with Crippen molar-refractivity contribution in [2.75, 3.05) is 4.90 Å². The average molecular weight is 511 g/mol. The summed E-state index contributed by atoms with van der Waals surface area (Å²) in [5.41, 5.74) is 2.48. The van der Waals surface area contributed by atoms with Crippen LogP contribution in [-0.4, -0.2) is 33.4 Å². The summed E-state index contributed by atoms with van der Waals surface area (Å²) < 4.78 is 0. The number of nitro benzene ring substituents is 1. The minimum Gasteiger partial charge on any atom is -0.508 e. The number of aromatic hydroxyl groups is 1. The molecule has 4 aliphatic rings. The normalized spacial score (nSPS) is 26.5. The molecule has 1 N–H and O–H groups in total. The van der Waals surface area contributed by atoms with Gasteiger partial charge >= 0.3 is 0 Å². The first-order valence-corrected chi connectivity index (χ1v) is 12.3. The zero-order valence-electron chi connectivity index (χ0n) is 20.3. The van der Waals surface area contributed by atoms with Gasteiger partial charge in [-0.25, -0.2) is 4.90 Å². The maximum atomic E-state index is 13.8. The molecule has 38 heavy (non-hydrogen) atoms. The lowest BCUT2D eigenvalue weighted by Crippen LogP contribution is -2.39. The number of benzene rings is 2. The van der Waals surface area contributed by atoms with Gasteiger partial charge in [0, 0.05) is 34.8 Å². The molecular formula is C29H22N2O7. The van der Waals surface area contributed by atoms with Gasteiger partial charge in [-0.2, -0.15) is 0 Å². The highest BCUT2D eigenvalue weighted by Gasteiger charge is 2.56. The van der Waals surface area contributed by atoms with Crippen molar-refractivity contribution in [1.82, 2.24) is 0 Å². The van der Waals surface area contributed by atoms with Gasteiger partial charge in [0.05, 0.1) is 22.4 Å². The number of fused-ring (bicyclic) bond motifs is 3. The molecule has 190 valence electrons. The van der Waals surface area contributed by atoms with E-state index >= 15 is 0 Å². The third-order valence-corrected chi connectivity index (χ3v) is 8.09. The number of nitrogens with zero attached hydrogens (tertiary/aromatic N) is 2. The van der Waals surface area contributed by atoms with E-state index in [-0.39, 0.29) is 41.5 Å². The van der Waals surface area contributed by atoms with Gasteiger partial charge in [-0.05, 0) is 55.5 Å². The van der Waals surface area contributed by atoms with E-state index in [4.69, 9.17) is 0 Å². The fraction of sp³-hybridized carbons (Fsp3) is 0.241. The van der Waals surface area contributed by atoms with Crippen molar-refractivity contribution in [2.24, 2.45) is 17.8 Å². The van der Waals surface area contributed by atoms with Gasteiger partial charge in [-0.15, -0.1) is 0 Å². The van der Waals surface area contributed by atoms with Crippen LogP contribution in [0.5, 0.6) is 5.75 Å². The highest BCUT2D eigenvalue weighted by molar-refractivity contribution is 6.25. The zero-order valence-corrected chi connectivity index (χ0v) is 20.3. The van der Waals surface area contributed by atoms with Crippen LogP contribution >= 0.6 is 0 Å². The molecule has 0 aromatic heterocycles. The maximum absolute atomic E-state index is 13.8. The van der Waals surface area contributed by atoms with Crippen molar-refractivity contribution in [3.05, 3.63) is 98.7 Å². The molecule has 1 saturated heterocycles. The molecule has 0 spiro atoms. The molecule has 2 aromatic carbocycles. The smallest absolute Gasteiger partial charge is 0.271 e. The van der Waals surface area contributed by atoms with Gasteiger partial charge in [0.25, 0.3) is 5.69 Å². The molecule has 1 fully saturated rings. The fourth-order valence-corrected chi connectivity index (χ4v) is 6.41. The van der Waals surface area contributed by atoms with Crippen molar-refractivity contribution in [2.45, 2.75) is 25.7 Å². The Balaban J connectivity index is 1.46. The number of imide groups is 1. The summed E-state index contributed by atoms with van der Waals surface area (Å²) in [7, 11) is 0. The molecule has 2 aromatic rings. The largest absolute Gasteiger partial charge is 0.508 e. The monoisotopic (exact) mass is 510 g/mol. The number of allylic oxidation sites excluding steroid dienone is 6. The summed E-state index contributed by atoms with van der Waals surface area (Å²) in [6.45, 7) is 1.60. The molecule has 9 heteroatoms. The van der Waals surface area contributed by atoms with Gasteiger partial charge in [-0.1, -0.05) is 29.8 Å². The molecule has 0 radical (unpaired) electrons. The van der Waals surface area contributed by atoms with Crippen molar-refractivity contribution in [3.8, 4) is 5.75 Å². The molecule has 4 atom stereocenters. The number of nitro groups is 1. The number of non-ortho nitro benzene ring substituents is 1. The lowest BCUT2D eigenvalue weighted by Gasteiger charge is -2.42. The van der Waals surface area contributed by atoms with Gasteiger partial charge in [0.1, 0.15) is 5.75 Å². The third-order valence-electron chi connectivity index (χ3n) is 8.09. The highest BCUT2D eigenvalue weighted by Crippen LogP contribution is 2.55. The summed E-state index contributed by atoms with van der Waals surface area (Å²) >= 11 is 0. The quantitative estimate of drug-likeness (QED) is 0.217. The Morgan fingerprint density at radius 2 is 1.74 bits per heavy atom. The first kappa shape index (κ1) is 23.7. The Morgan fingerprint density at radius 3 is 2.45 bits per heavy atom. The molecule has 3 aliphatic carbocycles. The predicted octanol–water partition coefficient (Wildman–Crippen LogP) is 3.93. The van der Waals surface area contributed by atoms with Gasteiger partial charge in [0.15, 0.2) is 11.6 Å². The van der Waals surface area contributed by atoms with Gasteiger partial charge in [-0.3, -0.25) is 29.3 Å². The first-order valence-electron chi connectivity index (χ1n) is 12.3. The molecule has 1 heterocycles. The van der Waals surface area contributed by atoms with Crippen LogP contribution in [0.1, 0.15) is 31.2 Å². The van der Waals surface area contributed by atoms with E-state index in [0.29, 0.717) is 22.3 Å².